The molecule has 12 rings (SSSR count). The molecule has 0 amide bonds. The van der Waals surface area contributed by atoms with Crippen molar-refractivity contribution in [3.05, 3.63) is 115 Å². The molecule has 12 aromatic carbocycles. The molecular weight excluding hydrogens is 1540 g/mol. The molecule has 0 aliphatic heterocycles. The highest BCUT2D eigenvalue weighted by Gasteiger charge is 2.33. The third-order valence-electron chi connectivity index (χ3n) is 15.5. The molecular formula is C72H50O42. The zero-order chi connectivity index (χ0) is 82.8. The highest BCUT2D eigenvalue weighted by molar-refractivity contribution is 5.75. The molecule has 0 fully saturated rings. The van der Waals surface area contributed by atoms with Crippen LogP contribution in [-0.2, 0) is 0 Å². The minimum Gasteiger partial charge on any atom is -0.508 e. The van der Waals surface area contributed by atoms with E-state index in [1.807, 2.05) is 0 Å². The van der Waals surface area contributed by atoms with Crippen molar-refractivity contribution in [2.75, 3.05) is 0 Å². The van der Waals surface area contributed by atoms with Crippen LogP contribution >= 0.6 is 0 Å². The maximum absolute atomic E-state index is 11.3. The van der Waals surface area contributed by atoms with Crippen molar-refractivity contribution in [2.24, 2.45) is 0 Å². The van der Waals surface area contributed by atoms with Crippen LogP contribution in [0, 0.1) is 0 Å². The second-order valence-electron chi connectivity index (χ2n) is 23.3. The predicted octanol–water partition coefficient (Wildman–Crippen LogP) is 12.3. The molecule has 0 aromatic heterocycles. The Kier molecular flexibility index (Phi) is 19.2. The minimum absolute atomic E-state index is 0.456. The molecule has 12 aromatic rings. The molecule has 31 N–H and O–H groups in total. The van der Waals surface area contributed by atoms with Crippen LogP contribution in [0.25, 0.3) is 0 Å². The van der Waals surface area contributed by atoms with Gasteiger partial charge in [-0.25, -0.2) is 0 Å². The fourth-order valence-corrected chi connectivity index (χ4v) is 10.1. The zero-order valence-electron chi connectivity index (χ0n) is 55.8. The number of benzene rings is 12. The van der Waals surface area contributed by atoms with Crippen LogP contribution in [0.2, 0.25) is 0 Å². The molecule has 42 heteroatoms. The van der Waals surface area contributed by atoms with Crippen LogP contribution in [0.15, 0.2) is 115 Å². The van der Waals surface area contributed by atoms with Gasteiger partial charge >= 0.3 is 0 Å². The third kappa shape index (κ3) is 14.3. The van der Waals surface area contributed by atoms with Crippen LogP contribution in [-0.4, -0.2) is 158 Å². The first-order valence-electron chi connectivity index (χ1n) is 30.9. The largest absolute Gasteiger partial charge is 0.508 e. The molecule has 0 aliphatic rings. The fraction of sp³-hybridized carbons (Fsp3) is 0. The average Bonchev–Trinajstić information content (AvgIpc) is 0.784. The van der Waals surface area contributed by atoms with Gasteiger partial charge in [-0.1, -0.05) is 0 Å². The summed E-state index contributed by atoms with van der Waals surface area (Å²) in [4.78, 5) is 0. The number of phenolic OH excluding ortho intramolecular Hbond substituents is 31. The third-order valence-corrected chi connectivity index (χ3v) is 15.5. The number of rotatable bonds is 22. The molecule has 0 bridgehead atoms. The molecule has 0 radical (unpaired) electrons. The van der Waals surface area contributed by atoms with Crippen molar-refractivity contribution in [1.82, 2.24) is 0 Å². The van der Waals surface area contributed by atoms with Crippen molar-refractivity contribution in [1.29, 1.82) is 0 Å². The Hall–Kier alpha value is -17.8. The molecule has 0 atom stereocenters. The van der Waals surface area contributed by atoms with E-state index in [1.54, 1.807) is 0 Å². The van der Waals surface area contributed by atoms with Crippen LogP contribution in [0.1, 0.15) is 0 Å². The Morgan fingerprint density at radius 2 is 0.289 bits per heavy atom. The summed E-state index contributed by atoms with van der Waals surface area (Å²) in [6.07, 6.45) is 0. The number of phenols is 31. The lowest BCUT2D eigenvalue weighted by Crippen LogP contribution is -1.96. The maximum Gasteiger partial charge on any atom is 0.215 e. The summed E-state index contributed by atoms with van der Waals surface area (Å²) in [5.74, 6) is -53.6. The first-order valence-corrected chi connectivity index (χ1v) is 30.9. The molecule has 0 aliphatic carbocycles. The van der Waals surface area contributed by atoms with Gasteiger partial charge in [-0.05, 0) is 12.1 Å². The standard InChI is InChI=1S/C72H50O42/c73-20-3-33(81)63(34(82)4-20)104-22-7-35(83)64(36(84)8-22)112-47-17-30(78)53(94)60(101)70(47)108-25-13-41(89)67(42(90)14-25)114-49-19-32(80)55(96)62(103)72(49)110-44-2-1-43(56(97)57(44)98)109-45-15-28(76)51(92)58(99)68(45)106-23-9-37(85)65(38(86)10-23)113-48-18-31(79)54(95)61(102)71(48)107-24-11-39(87)66(40(88)12-24)111-46-16-29(77)52(93)59(100)69(46)105-21-5-26(74)50(91)27(75)6-21/h1-19,73-103H. The molecule has 114 heavy (non-hydrogen) atoms. The van der Waals surface area contributed by atoms with Gasteiger partial charge in [0.2, 0.25) is 132 Å². The van der Waals surface area contributed by atoms with Crippen molar-refractivity contribution in [3.63, 3.8) is 0 Å². The number of hydrogen-bond donors (Lipinski definition) is 31. The number of aromatic hydroxyl groups is 31. The second kappa shape index (κ2) is 28.8. The van der Waals surface area contributed by atoms with E-state index < -0.39 is 305 Å². The van der Waals surface area contributed by atoms with Gasteiger partial charge in [0.1, 0.15) is 34.5 Å². The van der Waals surface area contributed by atoms with Gasteiger partial charge < -0.3 is 210 Å². The Morgan fingerprint density at radius 1 is 0.123 bits per heavy atom. The first kappa shape index (κ1) is 75.9. The van der Waals surface area contributed by atoms with E-state index in [9.17, 15) is 158 Å². The Bertz CT molecular complexity index is 5820. The van der Waals surface area contributed by atoms with Gasteiger partial charge in [0, 0.05) is 103 Å². The van der Waals surface area contributed by atoms with Gasteiger partial charge in [-0.3, -0.25) is 0 Å². The topological polar surface area (TPSA) is 729 Å². The highest BCUT2D eigenvalue weighted by Crippen LogP contribution is 2.62. The average molecular weight is 1590 g/mol. The van der Waals surface area contributed by atoms with Crippen molar-refractivity contribution in [2.45, 2.75) is 0 Å². The van der Waals surface area contributed by atoms with Crippen LogP contribution < -0.4 is 52.1 Å². The molecule has 0 unspecified atom stereocenters. The summed E-state index contributed by atoms with van der Waals surface area (Å²) in [7, 11) is 0. The lowest BCUT2D eigenvalue weighted by atomic mass is 10.2. The van der Waals surface area contributed by atoms with Gasteiger partial charge in [0.05, 0.1) is 0 Å². The lowest BCUT2D eigenvalue weighted by Gasteiger charge is -2.19. The predicted molar refractivity (Wildman–Crippen MR) is 370 cm³/mol. The Morgan fingerprint density at radius 3 is 0.535 bits per heavy atom. The summed E-state index contributed by atoms with van der Waals surface area (Å²) in [6, 6.07) is 12.8. The van der Waals surface area contributed by atoms with E-state index in [-0.39, 0.29) is 0 Å². The Labute approximate surface area is 628 Å². The zero-order valence-corrected chi connectivity index (χ0v) is 55.8. The van der Waals surface area contributed by atoms with Crippen LogP contribution in [0.3, 0.4) is 0 Å². The summed E-state index contributed by atoms with van der Waals surface area (Å²) in [5, 5.41) is 331. The van der Waals surface area contributed by atoms with E-state index in [4.69, 9.17) is 52.1 Å². The summed E-state index contributed by atoms with van der Waals surface area (Å²) >= 11 is 0. The van der Waals surface area contributed by atoms with Crippen LogP contribution in [0.4, 0.5) is 0 Å². The van der Waals surface area contributed by atoms with Gasteiger partial charge in [-0.15, -0.1) is 0 Å². The van der Waals surface area contributed by atoms with E-state index in [1.165, 1.54) is 0 Å². The first-order chi connectivity index (χ1) is 53.7. The van der Waals surface area contributed by atoms with E-state index in [0.29, 0.717) is 66.7 Å². The summed E-state index contributed by atoms with van der Waals surface area (Å²) < 4.78 is 61.0. The quantitative estimate of drug-likeness (QED) is 0.0280. The fourth-order valence-electron chi connectivity index (χ4n) is 10.1. The number of ether oxygens (including phenoxy) is 11. The number of hydrogen-bond acceptors (Lipinski definition) is 42. The molecule has 0 saturated carbocycles. The molecule has 0 saturated heterocycles. The van der Waals surface area contributed by atoms with Crippen LogP contribution in [0.5, 0.6) is 305 Å². The smallest absolute Gasteiger partial charge is 0.215 e. The van der Waals surface area contributed by atoms with Gasteiger partial charge in [0.15, 0.2) is 138 Å². The van der Waals surface area contributed by atoms with E-state index in [0.717, 1.165) is 48.5 Å². The molecule has 0 spiro atoms. The minimum atomic E-state index is -1.40. The monoisotopic (exact) mass is 1590 g/mol. The SMILES string of the molecule is Oc1cc(O)c(Oc2cc(O)c(Oc3cc(O)c(O)c(O)c3Oc3cc(O)c(Oc4cc(O)c(O)c(O)c4Oc4ccc(Oc5cc(O)c(O)c(O)c5Oc5cc(O)c(Oc6cc(O)c(O)c(O)c6Oc6cc(O)c(Oc7cc(O)c(O)c(O)c7Oc7cc(O)c(O)c(O)c7)c(O)c6)c(O)c5)c(O)c4O)c(O)c3)c(O)c2)c(O)c1. The summed E-state index contributed by atoms with van der Waals surface area (Å²) in [6.45, 7) is 0. The van der Waals surface area contributed by atoms with E-state index >= 15 is 0 Å². The van der Waals surface area contributed by atoms with Gasteiger partial charge in [-0.2, -0.15) is 0 Å². The normalized spacial score (nSPS) is 11.0. The molecule has 42 nitrogen and oxygen atoms in total. The maximum atomic E-state index is 11.3. The molecule has 0 heterocycles. The van der Waals surface area contributed by atoms with Gasteiger partial charge in [0.25, 0.3) is 0 Å². The van der Waals surface area contributed by atoms with Crippen molar-refractivity contribution in [3.8, 4) is 305 Å². The van der Waals surface area contributed by atoms with Crippen molar-refractivity contribution < 1.29 is 210 Å². The Balaban J connectivity index is 0.765. The lowest BCUT2D eigenvalue weighted by molar-refractivity contribution is 0.312. The van der Waals surface area contributed by atoms with Crippen molar-refractivity contribution >= 4 is 0 Å². The second-order valence-corrected chi connectivity index (χ2v) is 23.3. The molecule has 590 valence electrons. The van der Waals surface area contributed by atoms with E-state index in [2.05, 4.69) is 0 Å². The highest BCUT2D eigenvalue weighted by atomic mass is 16.6. The summed E-state index contributed by atoms with van der Waals surface area (Å²) in [5.41, 5.74) is 0.